The number of aryl methyl sites for hydroxylation is 3. The Morgan fingerprint density at radius 2 is 1.93 bits per heavy atom. The Hall–Kier alpha value is -2.85. The molecule has 0 fully saturated rings. The minimum Gasteiger partial charge on any atom is -0.326 e. The second-order valence-electron chi connectivity index (χ2n) is 6.74. The smallest absolute Gasteiger partial charge is 0.252 e. The first-order valence-electron chi connectivity index (χ1n) is 8.67. The highest BCUT2D eigenvalue weighted by molar-refractivity contribution is 7.89. The molecule has 3 aromatic rings. The van der Waals surface area contributed by atoms with Gasteiger partial charge in [0.25, 0.3) is 5.78 Å². The third-order valence-corrected chi connectivity index (χ3v) is 5.73. The van der Waals surface area contributed by atoms with Gasteiger partial charge in [0.2, 0.25) is 15.9 Å². The third-order valence-electron chi connectivity index (χ3n) is 4.83. The lowest BCUT2D eigenvalue weighted by atomic mass is 10.1. The van der Waals surface area contributed by atoms with E-state index in [1.54, 1.807) is 11.4 Å². The Kier molecular flexibility index (Phi) is 5.18. The average Bonchev–Trinajstić information content (AvgIpc) is 3.06. The predicted octanol–water partition coefficient (Wildman–Crippen LogP) is 1.58. The van der Waals surface area contributed by atoms with Crippen molar-refractivity contribution in [1.29, 1.82) is 0 Å². The Morgan fingerprint density at radius 1 is 1.21 bits per heavy atom. The molecule has 0 saturated carbocycles. The van der Waals surface area contributed by atoms with Crippen LogP contribution in [-0.2, 0) is 21.2 Å². The van der Waals surface area contributed by atoms with Crippen molar-refractivity contribution in [1.82, 2.24) is 19.6 Å². The van der Waals surface area contributed by atoms with Gasteiger partial charge in [-0.1, -0.05) is 0 Å². The van der Waals surface area contributed by atoms with Crippen LogP contribution >= 0.6 is 0 Å². The van der Waals surface area contributed by atoms with Gasteiger partial charge >= 0.3 is 0 Å². The maximum Gasteiger partial charge on any atom is 0.252 e. The summed E-state index contributed by atoms with van der Waals surface area (Å²) in [5, 5.41) is 12.2. The molecule has 0 atom stereocenters. The van der Waals surface area contributed by atoms with Crippen LogP contribution in [0.4, 0.5) is 5.69 Å². The van der Waals surface area contributed by atoms with E-state index >= 15 is 0 Å². The van der Waals surface area contributed by atoms with Crippen LogP contribution in [0.1, 0.15) is 34.5 Å². The van der Waals surface area contributed by atoms with E-state index in [0.29, 0.717) is 17.9 Å². The van der Waals surface area contributed by atoms with Crippen molar-refractivity contribution in [3.8, 4) is 0 Å². The lowest BCUT2D eigenvalue weighted by Crippen LogP contribution is -2.17. The summed E-state index contributed by atoms with van der Waals surface area (Å²) in [7, 11) is -3.86. The Bertz CT molecular complexity index is 1180. The maximum atomic E-state index is 12.5. The summed E-state index contributed by atoms with van der Waals surface area (Å²) in [6.07, 6.45) is 2.12. The number of aromatic nitrogens is 4. The van der Waals surface area contributed by atoms with Gasteiger partial charge in [0, 0.05) is 23.5 Å². The number of benzene rings is 1. The van der Waals surface area contributed by atoms with E-state index in [4.69, 9.17) is 5.14 Å². The zero-order valence-corrected chi connectivity index (χ0v) is 17.0. The highest BCUT2D eigenvalue weighted by Crippen LogP contribution is 2.24. The molecule has 0 spiro atoms. The van der Waals surface area contributed by atoms with Crippen molar-refractivity contribution in [3.05, 3.63) is 46.5 Å². The summed E-state index contributed by atoms with van der Waals surface area (Å²) < 4.78 is 24.9. The molecule has 9 nitrogen and oxygen atoms in total. The number of nitrogens with one attached hydrogen (secondary N) is 1. The molecular formula is C18H22N6O3S. The summed E-state index contributed by atoms with van der Waals surface area (Å²) >= 11 is 0. The fraction of sp³-hybridized carbons (Fsp3) is 0.333. The van der Waals surface area contributed by atoms with Gasteiger partial charge in [0.15, 0.2) is 0 Å². The number of sulfonamides is 1. The Labute approximate surface area is 163 Å². The molecule has 3 rings (SSSR count). The van der Waals surface area contributed by atoms with Crippen molar-refractivity contribution < 1.29 is 13.2 Å². The average molecular weight is 402 g/mol. The molecule has 3 N–H and O–H groups in total. The molecule has 10 heteroatoms. The van der Waals surface area contributed by atoms with Gasteiger partial charge < -0.3 is 5.32 Å². The van der Waals surface area contributed by atoms with Crippen LogP contribution in [0.25, 0.3) is 5.78 Å². The molecule has 2 aromatic heterocycles. The van der Waals surface area contributed by atoms with Crippen molar-refractivity contribution in [2.24, 2.45) is 5.14 Å². The molecule has 0 radical (unpaired) electrons. The number of hydrogen-bond donors (Lipinski definition) is 2. The molecule has 28 heavy (non-hydrogen) atoms. The molecule has 148 valence electrons. The highest BCUT2D eigenvalue weighted by Gasteiger charge is 2.16. The number of nitrogens with two attached hydrogens (primary N) is 1. The van der Waals surface area contributed by atoms with E-state index in [1.807, 2.05) is 20.8 Å². The Morgan fingerprint density at radius 3 is 2.61 bits per heavy atom. The fourth-order valence-electron chi connectivity index (χ4n) is 3.09. The van der Waals surface area contributed by atoms with Crippen molar-refractivity contribution in [2.75, 3.05) is 5.32 Å². The van der Waals surface area contributed by atoms with E-state index in [0.717, 1.165) is 28.1 Å². The minimum absolute atomic E-state index is 0.0292. The molecule has 0 aliphatic heterocycles. The number of hydrogen-bond acceptors (Lipinski definition) is 6. The molecular weight excluding hydrogens is 380 g/mol. The van der Waals surface area contributed by atoms with Crippen LogP contribution in [-0.4, -0.2) is 33.9 Å². The predicted molar refractivity (Wildman–Crippen MR) is 104 cm³/mol. The molecule has 2 heterocycles. The number of carbonyl (C=O) groups is 1. The summed E-state index contributed by atoms with van der Waals surface area (Å²) in [5.74, 6) is 0.292. The normalized spacial score (nSPS) is 11.8. The van der Waals surface area contributed by atoms with Crippen LogP contribution in [0, 0.1) is 27.7 Å². The molecule has 0 aliphatic carbocycles. The summed E-state index contributed by atoms with van der Waals surface area (Å²) in [4.78, 5) is 21.0. The van der Waals surface area contributed by atoms with Crippen molar-refractivity contribution >= 4 is 27.4 Å². The van der Waals surface area contributed by atoms with E-state index in [9.17, 15) is 13.2 Å². The van der Waals surface area contributed by atoms with Gasteiger partial charge in [-0.15, -0.1) is 0 Å². The van der Waals surface area contributed by atoms with Crippen LogP contribution in [0.3, 0.4) is 0 Å². The maximum absolute atomic E-state index is 12.5. The number of primary sulfonamides is 1. The first-order valence-corrected chi connectivity index (χ1v) is 10.2. The summed E-state index contributed by atoms with van der Waals surface area (Å²) in [6, 6.07) is 2.88. The fourth-order valence-corrected chi connectivity index (χ4v) is 3.71. The molecule has 0 saturated heterocycles. The molecule has 0 aliphatic rings. The van der Waals surface area contributed by atoms with E-state index in [2.05, 4.69) is 20.4 Å². The topological polar surface area (TPSA) is 132 Å². The molecule has 1 aromatic carbocycles. The zero-order valence-electron chi connectivity index (χ0n) is 16.1. The van der Waals surface area contributed by atoms with Crippen LogP contribution < -0.4 is 10.5 Å². The summed E-state index contributed by atoms with van der Waals surface area (Å²) in [5.41, 5.74) is 4.57. The van der Waals surface area contributed by atoms with E-state index < -0.39 is 10.0 Å². The van der Waals surface area contributed by atoms with Crippen LogP contribution in [0.5, 0.6) is 0 Å². The number of amides is 1. The summed E-state index contributed by atoms with van der Waals surface area (Å²) in [6.45, 7) is 7.37. The third kappa shape index (κ3) is 3.87. The van der Waals surface area contributed by atoms with Gasteiger partial charge in [0.05, 0.1) is 4.90 Å². The quantitative estimate of drug-likeness (QED) is 0.666. The van der Waals surface area contributed by atoms with Gasteiger partial charge in [-0.2, -0.15) is 10.1 Å². The number of fused-ring (bicyclic) bond motifs is 1. The SMILES string of the molecule is Cc1cc(S(N)(=O)=O)cc(NC(=O)CCc2c(C)nc3ncnn3c2C)c1C. The lowest BCUT2D eigenvalue weighted by molar-refractivity contribution is -0.116. The zero-order chi connectivity index (χ0) is 20.6. The van der Waals surface area contributed by atoms with Crippen molar-refractivity contribution in [2.45, 2.75) is 45.4 Å². The molecule has 0 bridgehead atoms. The number of nitrogens with zero attached hydrogens (tertiary/aromatic N) is 4. The van der Waals surface area contributed by atoms with Crippen molar-refractivity contribution in [3.63, 3.8) is 0 Å². The monoisotopic (exact) mass is 402 g/mol. The van der Waals surface area contributed by atoms with Gasteiger partial charge in [-0.05, 0) is 62.9 Å². The second-order valence-corrected chi connectivity index (χ2v) is 8.30. The first kappa shape index (κ1) is 19.9. The van der Waals surface area contributed by atoms with E-state index in [-0.39, 0.29) is 17.2 Å². The van der Waals surface area contributed by atoms with Gasteiger partial charge in [-0.25, -0.2) is 23.1 Å². The number of carbonyl (C=O) groups excluding carboxylic acids is 1. The first-order chi connectivity index (χ1) is 13.1. The largest absolute Gasteiger partial charge is 0.326 e. The van der Waals surface area contributed by atoms with Gasteiger partial charge in [-0.3, -0.25) is 4.79 Å². The second kappa shape index (κ2) is 7.28. The standard InChI is InChI=1S/C18H22N6O3S/c1-10-7-14(28(19,26)27)8-16(11(10)2)23-17(25)6-5-15-12(3)22-18-20-9-21-24(18)13(15)4/h7-9H,5-6H2,1-4H3,(H,23,25)(H2,19,26,27). The highest BCUT2D eigenvalue weighted by atomic mass is 32.2. The number of anilines is 1. The van der Waals surface area contributed by atoms with Gasteiger partial charge in [0.1, 0.15) is 6.33 Å². The van der Waals surface area contributed by atoms with Crippen LogP contribution in [0.15, 0.2) is 23.4 Å². The number of rotatable bonds is 5. The van der Waals surface area contributed by atoms with E-state index in [1.165, 1.54) is 18.5 Å². The molecule has 0 unspecified atom stereocenters. The van der Waals surface area contributed by atoms with Crippen LogP contribution in [0.2, 0.25) is 0 Å². The lowest BCUT2D eigenvalue weighted by Gasteiger charge is -2.14. The minimum atomic E-state index is -3.86. The molecule has 1 amide bonds. The Balaban J connectivity index is 1.80.